The van der Waals surface area contributed by atoms with Gasteiger partial charge in [0.25, 0.3) is 20.2 Å². The Kier molecular flexibility index (Phi) is 5.08. The lowest BCUT2D eigenvalue weighted by Gasteiger charge is -2.11. The Morgan fingerprint density at radius 3 is 1.95 bits per heavy atom. The summed E-state index contributed by atoms with van der Waals surface area (Å²) in [6, 6.07) is 5.50. The van der Waals surface area contributed by atoms with Crippen LogP contribution in [0.2, 0.25) is 0 Å². The Balaban J connectivity index is 2.75. The molecule has 0 aromatic heterocycles. The van der Waals surface area contributed by atoms with Crippen molar-refractivity contribution in [3.63, 3.8) is 0 Å². The van der Waals surface area contributed by atoms with E-state index in [-0.39, 0.29) is 11.3 Å². The lowest BCUT2D eigenvalue weighted by Crippen LogP contribution is -2.20. The van der Waals surface area contributed by atoms with Gasteiger partial charge < -0.3 is 0 Å². The monoisotopic (exact) mass is 308 g/mol. The highest BCUT2D eigenvalue weighted by Gasteiger charge is 2.20. The van der Waals surface area contributed by atoms with E-state index in [0.717, 1.165) is 5.56 Å². The molecular weight excluding hydrogens is 292 g/mol. The largest absolute Gasteiger partial charge is 0.294 e. The summed E-state index contributed by atoms with van der Waals surface area (Å²) in [4.78, 5) is -0.210. The summed E-state index contributed by atoms with van der Waals surface area (Å²) in [5.74, 6) is 0. The van der Waals surface area contributed by atoms with Gasteiger partial charge in [0.2, 0.25) is 0 Å². The molecule has 0 spiro atoms. The predicted molar refractivity (Wildman–Crippen MR) is 70.2 cm³/mol. The molecule has 19 heavy (non-hydrogen) atoms. The highest BCUT2D eigenvalue weighted by molar-refractivity contribution is 7.86. The van der Waals surface area contributed by atoms with Crippen molar-refractivity contribution in [2.75, 3.05) is 0 Å². The van der Waals surface area contributed by atoms with Crippen molar-refractivity contribution in [3.8, 4) is 0 Å². The van der Waals surface area contributed by atoms with Gasteiger partial charge in [-0.3, -0.25) is 9.11 Å². The van der Waals surface area contributed by atoms with Crippen molar-refractivity contribution in [2.24, 2.45) is 0 Å². The lowest BCUT2D eigenvalue weighted by molar-refractivity contribution is 0.459. The van der Waals surface area contributed by atoms with Crippen LogP contribution in [0.4, 0.5) is 0 Å². The summed E-state index contributed by atoms with van der Waals surface area (Å²) in [7, 11) is -8.27. The normalized spacial score (nSPS) is 14.3. The van der Waals surface area contributed by atoms with Crippen LogP contribution in [-0.4, -0.2) is 31.2 Å². The van der Waals surface area contributed by atoms with Gasteiger partial charge in [-0.25, -0.2) is 0 Å². The summed E-state index contributed by atoms with van der Waals surface area (Å²) in [5.41, 5.74) is 0.731. The average Bonchev–Trinajstić information content (AvgIpc) is 2.27. The van der Waals surface area contributed by atoms with Crippen molar-refractivity contribution < 1.29 is 25.9 Å². The van der Waals surface area contributed by atoms with E-state index in [9.17, 15) is 16.8 Å². The molecule has 0 radical (unpaired) electrons. The number of aryl methyl sites for hydroxylation is 1. The van der Waals surface area contributed by atoms with E-state index in [1.807, 2.05) is 0 Å². The SMILES string of the molecule is CCC(CCc1ccc(S(=O)(=O)O)cc1)S(=O)(=O)O. The van der Waals surface area contributed by atoms with Crippen LogP contribution < -0.4 is 0 Å². The number of rotatable bonds is 6. The smallest absolute Gasteiger partial charge is 0.285 e. The Hall–Kier alpha value is -0.960. The molecule has 1 aromatic carbocycles. The minimum absolute atomic E-state index is 0.210. The molecule has 0 aliphatic heterocycles. The van der Waals surface area contributed by atoms with Crippen LogP contribution in [0.25, 0.3) is 0 Å². The van der Waals surface area contributed by atoms with Gasteiger partial charge in [-0.05, 0) is 37.0 Å². The summed E-state index contributed by atoms with van der Waals surface area (Å²) in [5, 5.41) is -0.825. The predicted octanol–water partition coefficient (Wildman–Crippen LogP) is 1.53. The van der Waals surface area contributed by atoms with Crippen molar-refractivity contribution >= 4 is 20.2 Å². The maximum Gasteiger partial charge on any atom is 0.294 e. The Morgan fingerprint density at radius 2 is 1.58 bits per heavy atom. The van der Waals surface area contributed by atoms with E-state index in [2.05, 4.69) is 0 Å². The Morgan fingerprint density at radius 1 is 1.05 bits per heavy atom. The molecule has 0 aliphatic rings. The van der Waals surface area contributed by atoms with E-state index in [1.54, 1.807) is 6.92 Å². The molecule has 0 heterocycles. The summed E-state index contributed by atoms with van der Waals surface area (Å²) in [6.45, 7) is 1.67. The molecule has 1 atom stereocenters. The molecule has 0 bridgehead atoms. The Bertz CT molecular complexity index is 616. The lowest BCUT2D eigenvalue weighted by atomic mass is 10.1. The van der Waals surface area contributed by atoms with Crippen LogP contribution in [-0.2, 0) is 26.7 Å². The van der Waals surface area contributed by atoms with E-state index >= 15 is 0 Å². The molecule has 2 N–H and O–H groups in total. The zero-order chi connectivity index (χ0) is 14.7. The summed E-state index contributed by atoms with van der Waals surface area (Å²) >= 11 is 0. The third-order valence-electron chi connectivity index (χ3n) is 2.85. The molecule has 0 aliphatic carbocycles. The first-order valence-electron chi connectivity index (χ1n) is 5.67. The molecule has 6 nitrogen and oxygen atoms in total. The van der Waals surface area contributed by atoms with E-state index in [0.29, 0.717) is 12.8 Å². The van der Waals surface area contributed by atoms with Gasteiger partial charge in [0.05, 0.1) is 10.1 Å². The fraction of sp³-hybridized carbons (Fsp3) is 0.455. The van der Waals surface area contributed by atoms with Crippen molar-refractivity contribution in [3.05, 3.63) is 29.8 Å². The van der Waals surface area contributed by atoms with Gasteiger partial charge in [-0.1, -0.05) is 19.1 Å². The third kappa shape index (κ3) is 4.90. The number of hydrogen-bond donors (Lipinski definition) is 2. The van der Waals surface area contributed by atoms with Crippen molar-refractivity contribution in [1.29, 1.82) is 0 Å². The molecule has 1 unspecified atom stereocenters. The molecule has 0 saturated carbocycles. The second kappa shape index (κ2) is 6.00. The van der Waals surface area contributed by atoms with Crippen LogP contribution in [0.5, 0.6) is 0 Å². The highest BCUT2D eigenvalue weighted by Crippen LogP contribution is 2.15. The van der Waals surface area contributed by atoms with Crippen LogP contribution in [0.1, 0.15) is 25.3 Å². The fourth-order valence-corrected chi connectivity index (χ4v) is 3.04. The summed E-state index contributed by atoms with van der Waals surface area (Å²) < 4.78 is 61.5. The first kappa shape index (κ1) is 16.1. The van der Waals surface area contributed by atoms with Crippen LogP contribution in [0.3, 0.4) is 0 Å². The van der Waals surface area contributed by atoms with Gasteiger partial charge in [0.1, 0.15) is 0 Å². The first-order valence-corrected chi connectivity index (χ1v) is 8.61. The molecule has 1 aromatic rings. The Labute approximate surface area is 113 Å². The molecule has 0 saturated heterocycles. The van der Waals surface area contributed by atoms with E-state index in [4.69, 9.17) is 9.11 Å². The van der Waals surface area contributed by atoms with E-state index in [1.165, 1.54) is 24.3 Å². The van der Waals surface area contributed by atoms with Gasteiger partial charge in [-0.15, -0.1) is 0 Å². The van der Waals surface area contributed by atoms with Crippen LogP contribution in [0, 0.1) is 0 Å². The second-order valence-electron chi connectivity index (χ2n) is 4.20. The third-order valence-corrected chi connectivity index (χ3v) is 5.13. The standard InChI is InChI=1S/C11H16O6S2/c1-2-10(18(12,13)14)6-3-9-4-7-11(8-5-9)19(15,16)17/h4-5,7-8,10H,2-3,6H2,1H3,(H,12,13,14)(H,15,16,17). The zero-order valence-electron chi connectivity index (χ0n) is 10.4. The van der Waals surface area contributed by atoms with Crippen LogP contribution in [0.15, 0.2) is 29.2 Å². The van der Waals surface area contributed by atoms with E-state index < -0.39 is 25.5 Å². The van der Waals surface area contributed by atoms with Crippen LogP contribution >= 0.6 is 0 Å². The number of benzene rings is 1. The maximum absolute atomic E-state index is 11.0. The topological polar surface area (TPSA) is 109 Å². The minimum Gasteiger partial charge on any atom is -0.285 e. The molecule has 1 rings (SSSR count). The molecule has 8 heteroatoms. The summed E-state index contributed by atoms with van der Waals surface area (Å²) in [6.07, 6.45) is 0.951. The molecule has 0 amide bonds. The molecule has 0 fully saturated rings. The van der Waals surface area contributed by atoms with Gasteiger partial charge in [0, 0.05) is 0 Å². The zero-order valence-corrected chi connectivity index (χ0v) is 12.0. The van der Waals surface area contributed by atoms with Gasteiger partial charge >= 0.3 is 0 Å². The van der Waals surface area contributed by atoms with Gasteiger partial charge in [0.15, 0.2) is 0 Å². The molecule has 108 valence electrons. The van der Waals surface area contributed by atoms with Gasteiger partial charge in [-0.2, -0.15) is 16.8 Å². The highest BCUT2D eigenvalue weighted by atomic mass is 32.2. The first-order chi connectivity index (χ1) is 8.64. The average molecular weight is 308 g/mol. The quantitative estimate of drug-likeness (QED) is 0.771. The maximum atomic E-state index is 11.0. The van der Waals surface area contributed by atoms with Crippen molar-refractivity contribution in [2.45, 2.75) is 36.3 Å². The molecular formula is C11H16O6S2. The minimum atomic E-state index is -4.21. The number of hydrogen-bond acceptors (Lipinski definition) is 4. The second-order valence-corrected chi connectivity index (χ2v) is 7.32. The fourth-order valence-electron chi connectivity index (χ4n) is 1.72. The van der Waals surface area contributed by atoms with Crippen molar-refractivity contribution in [1.82, 2.24) is 0 Å².